The fraction of sp³-hybridized carbons (Fsp3) is 0.700. The molecule has 0 saturated heterocycles. The first kappa shape index (κ1) is 15.0. The van der Waals surface area contributed by atoms with Crippen LogP contribution >= 0.6 is 0 Å². The first-order valence-corrected chi connectivity index (χ1v) is 7.21. The lowest BCUT2D eigenvalue weighted by Crippen LogP contribution is -2.42. The van der Waals surface area contributed by atoms with Crippen molar-refractivity contribution in [3.05, 3.63) is 12.7 Å². The van der Waals surface area contributed by atoms with Gasteiger partial charge in [0.2, 0.25) is 0 Å². The van der Waals surface area contributed by atoms with Gasteiger partial charge in [0.25, 0.3) is 0 Å². The molecule has 1 unspecified atom stereocenters. The highest BCUT2D eigenvalue weighted by molar-refractivity contribution is 7.90. The molecule has 0 rings (SSSR count). The second-order valence-electron chi connectivity index (χ2n) is 3.71. The summed E-state index contributed by atoms with van der Waals surface area (Å²) in [5, 5.41) is 6.12. The van der Waals surface area contributed by atoms with E-state index in [0.29, 0.717) is 18.9 Å². The van der Waals surface area contributed by atoms with Crippen molar-refractivity contribution < 1.29 is 8.42 Å². The normalized spacial score (nSPS) is 14.3. The Morgan fingerprint density at radius 2 is 2.19 bits per heavy atom. The molecule has 0 spiro atoms. The average molecular weight is 247 g/mol. The molecule has 1 atom stereocenters. The molecule has 0 fully saturated rings. The Morgan fingerprint density at radius 1 is 1.56 bits per heavy atom. The van der Waals surface area contributed by atoms with E-state index in [-0.39, 0.29) is 11.8 Å². The molecule has 0 bridgehead atoms. The van der Waals surface area contributed by atoms with Gasteiger partial charge in [-0.15, -0.1) is 6.58 Å². The molecule has 0 aromatic rings. The van der Waals surface area contributed by atoms with Gasteiger partial charge in [0, 0.05) is 25.9 Å². The summed E-state index contributed by atoms with van der Waals surface area (Å²) in [5.74, 6) is 0.834. The molecule has 0 saturated carbocycles. The van der Waals surface area contributed by atoms with E-state index >= 15 is 0 Å². The first-order chi connectivity index (χ1) is 7.39. The zero-order valence-corrected chi connectivity index (χ0v) is 11.0. The van der Waals surface area contributed by atoms with Crippen LogP contribution in [0.1, 0.15) is 13.3 Å². The van der Waals surface area contributed by atoms with E-state index in [1.165, 1.54) is 6.26 Å². The number of aliphatic imine (C=N–C) groups is 1. The summed E-state index contributed by atoms with van der Waals surface area (Å²) in [6.07, 6.45) is 3.53. The maximum Gasteiger partial charge on any atom is 0.191 e. The fourth-order valence-electron chi connectivity index (χ4n) is 1.06. The molecule has 0 aromatic carbocycles. The maximum absolute atomic E-state index is 11.0. The van der Waals surface area contributed by atoms with Crippen LogP contribution in [0.5, 0.6) is 0 Å². The largest absolute Gasteiger partial charge is 0.354 e. The molecule has 6 heteroatoms. The van der Waals surface area contributed by atoms with Gasteiger partial charge in [-0.1, -0.05) is 6.08 Å². The van der Waals surface area contributed by atoms with Gasteiger partial charge in [0.1, 0.15) is 9.84 Å². The number of sulfone groups is 1. The molecular formula is C10H21N3O2S. The van der Waals surface area contributed by atoms with E-state index in [1.54, 1.807) is 13.1 Å². The number of nitrogens with zero attached hydrogens (tertiary/aromatic N) is 1. The topological polar surface area (TPSA) is 70.6 Å². The molecule has 0 aliphatic heterocycles. The number of hydrogen-bond donors (Lipinski definition) is 2. The Balaban J connectivity index is 4.01. The highest BCUT2D eigenvalue weighted by Gasteiger charge is 2.08. The van der Waals surface area contributed by atoms with Crippen LogP contribution in [0, 0.1) is 0 Å². The van der Waals surface area contributed by atoms with Crippen LogP contribution in [0.2, 0.25) is 0 Å². The van der Waals surface area contributed by atoms with Crippen molar-refractivity contribution in [1.29, 1.82) is 0 Å². The highest BCUT2D eigenvalue weighted by Crippen LogP contribution is 1.95. The molecule has 0 amide bonds. The molecule has 0 aliphatic rings. The van der Waals surface area contributed by atoms with Gasteiger partial charge in [-0.25, -0.2) is 8.42 Å². The number of guanidine groups is 1. The summed E-state index contributed by atoms with van der Waals surface area (Å²) < 4.78 is 22.0. The third-order valence-electron chi connectivity index (χ3n) is 1.94. The van der Waals surface area contributed by atoms with Gasteiger partial charge < -0.3 is 10.6 Å². The predicted molar refractivity (Wildman–Crippen MR) is 68.5 cm³/mol. The van der Waals surface area contributed by atoms with E-state index in [1.807, 2.05) is 6.92 Å². The Hall–Kier alpha value is -1.04. The summed E-state index contributed by atoms with van der Waals surface area (Å²) in [5.41, 5.74) is 0. The summed E-state index contributed by atoms with van der Waals surface area (Å²) in [4.78, 5) is 4.01. The zero-order chi connectivity index (χ0) is 12.6. The fourth-order valence-corrected chi connectivity index (χ4v) is 1.84. The van der Waals surface area contributed by atoms with Crippen LogP contribution in [0.15, 0.2) is 17.6 Å². The van der Waals surface area contributed by atoms with E-state index in [4.69, 9.17) is 0 Å². The van der Waals surface area contributed by atoms with Crippen molar-refractivity contribution in [2.75, 3.05) is 25.6 Å². The standard InChI is InChI=1S/C10H21N3O2S/c1-5-7-12-10(11-3)13-9(2)6-8-16(4,14)15/h5,9H,1,6-8H2,2-4H3,(H2,11,12,13). The SMILES string of the molecule is C=CCNC(=NC)NC(C)CCS(C)(=O)=O. The second kappa shape index (κ2) is 7.27. The molecule has 0 heterocycles. The van der Waals surface area contributed by atoms with Crippen LogP contribution in [0.25, 0.3) is 0 Å². The van der Waals surface area contributed by atoms with Crippen LogP contribution in [0.3, 0.4) is 0 Å². The Morgan fingerprint density at radius 3 is 2.62 bits per heavy atom. The lowest BCUT2D eigenvalue weighted by molar-refractivity contribution is 0.582. The smallest absolute Gasteiger partial charge is 0.191 e. The number of rotatable bonds is 6. The lowest BCUT2D eigenvalue weighted by Gasteiger charge is -2.16. The third-order valence-corrected chi connectivity index (χ3v) is 2.92. The van der Waals surface area contributed by atoms with Crippen LogP contribution in [-0.4, -0.2) is 46.0 Å². The van der Waals surface area contributed by atoms with Crippen LogP contribution in [0.4, 0.5) is 0 Å². The minimum atomic E-state index is -2.90. The molecule has 2 N–H and O–H groups in total. The summed E-state index contributed by atoms with van der Waals surface area (Å²) >= 11 is 0. The maximum atomic E-state index is 11.0. The van der Waals surface area contributed by atoms with Crippen LogP contribution in [-0.2, 0) is 9.84 Å². The molecular weight excluding hydrogens is 226 g/mol. The van der Waals surface area contributed by atoms with Crippen molar-refractivity contribution in [2.45, 2.75) is 19.4 Å². The molecule has 5 nitrogen and oxygen atoms in total. The van der Waals surface area contributed by atoms with E-state index < -0.39 is 9.84 Å². The van der Waals surface area contributed by atoms with E-state index in [2.05, 4.69) is 22.2 Å². The molecule has 94 valence electrons. The van der Waals surface area contributed by atoms with Crippen LogP contribution < -0.4 is 10.6 Å². The zero-order valence-electron chi connectivity index (χ0n) is 10.2. The third kappa shape index (κ3) is 8.28. The molecule has 0 aliphatic carbocycles. The molecule has 16 heavy (non-hydrogen) atoms. The van der Waals surface area contributed by atoms with Gasteiger partial charge in [-0.2, -0.15) is 0 Å². The van der Waals surface area contributed by atoms with Crippen molar-refractivity contribution in [3.8, 4) is 0 Å². The van der Waals surface area contributed by atoms with Gasteiger partial charge >= 0.3 is 0 Å². The van der Waals surface area contributed by atoms with Gasteiger partial charge in [0.05, 0.1) is 5.75 Å². The lowest BCUT2D eigenvalue weighted by atomic mass is 10.3. The molecule has 0 radical (unpaired) electrons. The minimum Gasteiger partial charge on any atom is -0.354 e. The van der Waals surface area contributed by atoms with Crippen molar-refractivity contribution in [3.63, 3.8) is 0 Å². The van der Waals surface area contributed by atoms with Gasteiger partial charge in [0.15, 0.2) is 5.96 Å². The second-order valence-corrected chi connectivity index (χ2v) is 5.97. The highest BCUT2D eigenvalue weighted by atomic mass is 32.2. The molecule has 0 aromatic heterocycles. The number of nitrogens with one attached hydrogen (secondary N) is 2. The van der Waals surface area contributed by atoms with Gasteiger partial charge in [-0.3, -0.25) is 4.99 Å². The Kier molecular flexibility index (Phi) is 6.80. The predicted octanol–water partition coefficient (Wildman–Crippen LogP) is 0.161. The first-order valence-electron chi connectivity index (χ1n) is 5.15. The Bertz CT molecular complexity index is 336. The van der Waals surface area contributed by atoms with Crippen molar-refractivity contribution in [2.24, 2.45) is 4.99 Å². The minimum absolute atomic E-state index is 0.0609. The van der Waals surface area contributed by atoms with E-state index in [9.17, 15) is 8.42 Å². The monoisotopic (exact) mass is 247 g/mol. The van der Waals surface area contributed by atoms with Crippen molar-refractivity contribution in [1.82, 2.24) is 10.6 Å². The van der Waals surface area contributed by atoms with Crippen molar-refractivity contribution >= 4 is 15.8 Å². The van der Waals surface area contributed by atoms with E-state index in [0.717, 1.165) is 0 Å². The number of hydrogen-bond acceptors (Lipinski definition) is 3. The summed E-state index contributed by atoms with van der Waals surface area (Å²) in [6, 6.07) is 0.0609. The average Bonchev–Trinajstić information content (AvgIpc) is 2.20. The summed E-state index contributed by atoms with van der Waals surface area (Å²) in [6.45, 7) is 6.14. The van der Waals surface area contributed by atoms with Gasteiger partial charge in [-0.05, 0) is 13.3 Å². The quantitative estimate of drug-likeness (QED) is 0.398. The Labute approximate surface area is 98.0 Å². The summed E-state index contributed by atoms with van der Waals surface area (Å²) in [7, 11) is -1.23.